The van der Waals surface area contributed by atoms with Gasteiger partial charge in [0.25, 0.3) is 0 Å². The topological polar surface area (TPSA) is 62.6 Å². The van der Waals surface area contributed by atoms with Gasteiger partial charge in [0.05, 0.1) is 17.6 Å². The number of nitrogens with one attached hydrogen (secondary N) is 1. The normalized spacial score (nSPS) is 19.4. The van der Waals surface area contributed by atoms with E-state index in [1.807, 2.05) is 26.0 Å². The summed E-state index contributed by atoms with van der Waals surface area (Å²) in [5, 5.41) is -0.298. The summed E-state index contributed by atoms with van der Waals surface area (Å²) in [6, 6.07) is 3.78. The van der Waals surface area contributed by atoms with Crippen molar-refractivity contribution in [1.82, 2.24) is 9.62 Å². The lowest BCUT2D eigenvalue weighted by Crippen LogP contribution is -2.40. The Balaban J connectivity index is 2.04. The van der Waals surface area contributed by atoms with Gasteiger partial charge in [0, 0.05) is 6.54 Å². The van der Waals surface area contributed by atoms with Gasteiger partial charge in [-0.1, -0.05) is 20.3 Å². The summed E-state index contributed by atoms with van der Waals surface area (Å²) < 4.78 is 33.3. The van der Waals surface area contributed by atoms with Crippen molar-refractivity contribution in [2.24, 2.45) is 0 Å². The highest BCUT2D eigenvalue weighted by atomic mass is 32.2. The molecule has 6 heteroatoms. The molecule has 5 nitrogen and oxygen atoms in total. The predicted octanol–water partition coefficient (Wildman–Crippen LogP) is 2.91. The van der Waals surface area contributed by atoms with Crippen molar-refractivity contribution >= 4 is 10.0 Å². The van der Waals surface area contributed by atoms with Crippen LogP contribution in [0.5, 0.6) is 0 Å². The Morgan fingerprint density at radius 2 is 2.05 bits per heavy atom. The summed E-state index contributed by atoms with van der Waals surface area (Å²) >= 11 is 0. The first-order chi connectivity index (χ1) is 10.6. The molecule has 0 spiro atoms. The van der Waals surface area contributed by atoms with Crippen molar-refractivity contribution in [2.45, 2.75) is 57.2 Å². The third-order valence-electron chi connectivity index (χ3n) is 4.44. The number of hydrogen-bond donors (Lipinski definition) is 1. The maximum atomic E-state index is 12.5. The minimum atomic E-state index is -3.27. The SMILES string of the molecule is CCC[C@@H](CC)S(=O)(=O)NC[C@@H](c1ccco1)N1CCCC1. The highest BCUT2D eigenvalue weighted by Crippen LogP contribution is 2.25. The molecule has 0 aliphatic carbocycles. The molecule has 1 aliphatic rings. The van der Waals surface area contributed by atoms with E-state index in [0.29, 0.717) is 19.4 Å². The van der Waals surface area contributed by atoms with Gasteiger partial charge < -0.3 is 4.42 Å². The molecule has 0 radical (unpaired) electrons. The zero-order valence-corrected chi connectivity index (χ0v) is 14.4. The molecule has 2 atom stereocenters. The molecule has 2 rings (SSSR count). The van der Waals surface area contributed by atoms with Crippen LogP contribution in [0.4, 0.5) is 0 Å². The summed E-state index contributed by atoms with van der Waals surface area (Å²) in [6.45, 7) is 6.34. The van der Waals surface area contributed by atoms with Gasteiger partial charge in [0.2, 0.25) is 10.0 Å². The Hall–Kier alpha value is -0.850. The number of nitrogens with zero attached hydrogens (tertiary/aromatic N) is 1. The largest absolute Gasteiger partial charge is 0.468 e. The predicted molar refractivity (Wildman–Crippen MR) is 88.2 cm³/mol. The van der Waals surface area contributed by atoms with Gasteiger partial charge in [-0.2, -0.15) is 0 Å². The first-order valence-electron chi connectivity index (χ1n) is 8.34. The van der Waals surface area contributed by atoms with Crippen LogP contribution in [0.3, 0.4) is 0 Å². The molecule has 1 N–H and O–H groups in total. The summed E-state index contributed by atoms with van der Waals surface area (Å²) in [4.78, 5) is 2.31. The summed E-state index contributed by atoms with van der Waals surface area (Å²) in [6.07, 6.45) is 6.22. The van der Waals surface area contributed by atoms with E-state index >= 15 is 0 Å². The maximum Gasteiger partial charge on any atom is 0.214 e. The van der Waals surface area contributed by atoms with Gasteiger partial charge in [-0.15, -0.1) is 0 Å². The van der Waals surface area contributed by atoms with E-state index < -0.39 is 10.0 Å². The van der Waals surface area contributed by atoms with Crippen LogP contribution < -0.4 is 4.72 Å². The van der Waals surface area contributed by atoms with Crippen molar-refractivity contribution < 1.29 is 12.8 Å². The van der Waals surface area contributed by atoms with Crippen LogP contribution in [-0.4, -0.2) is 38.2 Å². The fourth-order valence-electron chi connectivity index (χ4n) is 3.16. The Labute approximate surface area is 134 Å². The molecular formula is C16H28N2O3S. The number of rotatable bonds is 9. The average Bonchev–Trinajstić information content (AvgIpc) is 3.18. The van der Waals surface area contributed by atoms with E-state index in [-0.39, 0.29) is 11.3 Å². The Morgan fingerprint density at radius 1 is 1.32 bits per heavy atom. The first kappa shape index (κ1) is 17.5. The van der Waals surface area contributed by atoms with Gasteiger partial charge in [0.1, 0.15) is 5.76 Å². The van der Waals surface area contributed by atoms with Crippen LogP contribution >= 0.6 is 0 Å². The Kier molecular flexibility index (Phi) is 6.47. The van der Waals surface area contributed by atoms with E-state index in [1.54, 1.807) is 6.26 Å². The smallest absolute Gasteiger partial charge is 0.214 e. The third-order valence-corrected chi connectivity index (χ3v) is 6.45. The number of likely N-dealkylation sites (tertiary alicyclic amines) is 1. The fourth-order valence-corrected chi connectivity index (χ4v) is 4.77. The molecule has 1 saturated heterocycles. The third kappa shape index (κ3) is 4.33. The van der Waals surface area contributed by atoms with Crippen LogP contribution in [0.25, 0.3) is 0 Å². The Morgan fingerprint density at radius 3 is 2.59 bits per heavy atom. The van der Waals surface area contributed by atoms with E-state index in [9.17, 15) is 8.42 Å². The second kappa shape index (κ2) is 8.13. The van der Waals surface area contributed by atoms with E-state index in [2.05, 4.69) is 9.62 Å². The molecule has 0 unspecified atom stereocenters. The van der Waals surface area contributed by atoms with Crippen molar-refractivity contribution in [3.05, 3.63) is 24.2 Å². The van der Waals surface area contributed by atoms with E-state index in [4.69, 9.17) is 4.42 Å². The molecule has 1 aliphatic heterocycles. The number of sulfonamides is 1. The monoisotopic (exact) mass is 328 g/mol. The molecule has 0 aromatic carbocycles. The van der Waals surface area contributed by atoms with Crippen molar-refractivity contribution in [3.8, 4) is 0 Å². The van der Waals surface area contributed by atoms with Crippen LogP contribution in [0.15, 0.2) is 22.8 Å². The van der Waals surface area contributed by atoms with Gasteiger partial charge in [-0.3, -0.25) is 4.90 Å². The van der Waals surface area contributed by atoms with Crippen LogP contribution in [0.1, 0.15) is 57.8 Å². The molecule has 0 bridgehead atoms. The average molecular weight is 328 g/mol. The second-order valence-electron chi connectivity index (χ2n) is 5.99. The minimum absolute atomic E-state index is 0.00796. The second-order valence-corrected chi connectivity index (χ2v) is 8.03. The zero-order valence-electron chi connectivity index (χ0n) is 13.6. The molecule has 1 fully saturated rings. The lowest BCUT2D eigenvalue weighted by molar-refractivity contribution is 0.216. The van der Waals surface area contributed by atoms with Crippen LogP contribution in [-0.2, 0) is 10.0 Å². The first-order valence-corrected chi connectivity index (χ1v) is 9.89. The van der Waals surface area contributed by atoms with Crippen molar-refractivity contribution in [2.75, 3.05) is 19.6 Å². The molecule has 1 aromatic heterocycles. The van der Waals surface area contributed by atoms with E-state index in [0.717, 1.165) is 38.1 Å². The summed E-state index contributed by atoms with van der Waals surface area (Å²) in [5.41, 5.74) is 0. The van der Waals surface area contributed by atoms with Gasteiger partial charge in [-0.05, 0) is 50.9 Å². The lowest BCUT2D eigenvalue weighted by atomic mass is 10.2. The molecule has 1 aromatic rings. The lowest BCUT2D eigenvalue weighted by Gasteiger charge is -2.27. The molecular weight excluding hydrogens is 300 g/mol. The molecule has 0 amide bonds. The highest BCUT2D eigenvalue weighted by molar-refractivity contribution is 7.90. The van der Waals surface area contributed by atoms with Gasteiger partial charge in [-0.25, -0.2) is 13.1 Å². The maximum absolute atomic E-state index is 12.5. The van der Waals surface area contributed by atoms with Crippen molar-refractivity contribution in [3.63, 3.8) is 0 Å². The number of hydrogen-bond acceptors (Lipinski definition) is 4. The van der Waals surface area contributed by atoms with Crippen LogP contribution in [0, 0.1) is 0 Å². The van der Waals surface area contributed by atoms with Crippen LogP contribution in [0.2, 0.25) is 0 Å². The van der Waals surface area contributed by atoms with Gasteiger partial charge in [0.15, 0.2) is 0 Å². The molecule has 2 heterocycles. The Bertz CT molecular complexity index is 522. The van der Waals surface area contributed by atoms with E-state index in [1.165, 1.54) is 0 Å². The van der Waals surface area contributed by atoms with Gasteiger partial charge >= 0.3 is 0 Å². The highest BCUT2D eigenvalue weighted by Gasteiger charge is 2.29. The molecule has 22 heavy (non-hydrogen) atoms. The minimum Gasteiger partial charge on any atom is -0.468 e. The number of furan rings is 1. The zero-order chi connectivity index (χ0) is 16.0. The summed E-state index contributed by atoms with van der Waals surface area (Å²) in [7, 11) is -3.27. The fraction of sp³-hybridized carbons (Fsp3) is 0.750. The standard InChI is InChI=1S/C16H28N2O3S/c1-3-8-14(4-2)22(19,20)17-13-15(16-9-7-12-21-16)18-10-5-6-11-18/h7,9,12,14-15,17H,3-6,8,10-11,13H2,1-2H3/t14-,15+/m1/s1. The molecule has 126 valence electrons. The quantitative estimate of drug-likeness (QED) is 0.757. The molecule has 0 saturated carbocycles. The van der Waals surface area contributed by atoms with Crippen molar-refractivity contribution in [1.29, 1.82) is 0 Å². The summed E-state index contributed by atoms with van der Waals surface area (Å²) in [5.74, 6) is 0.841.